The van der Waals surface area contributed by atoms with Crippen molar-refractivity contribution >= 4 is 0 Å². The first-order valence-corrected chi connectivity index (χ1v) is 15.1. The Hall–Kier alpha value is -5.08. The van der Waals surface area contributed by atoms with E-state index < -0.39 is 17.2 Å². The van der Waals surface area contributed by atoms with Gasteiger partial charge < -0.3 is 24.1 Å². The highest BCUT2D eigenvalue weighted by Gasteiger charge is 2.36. The highest BCUT2D eigenvalue weighted by atomic mass is 19.1. The van der Waals surface area contributed by atoms with E-state index in [0.29, 0.717) is 12.8 Å². The van der Waals surface area contributed by atoms with Crippen LogP contribution in [0, 0.1) is 11.6 Å². The number of halogens is 2. The summed E-state index contributed by atoms with van der Waals surface area (Å²) in [6.07, 6.45) is 7.40. The van der Waals surface area contributed by atoms with E-state index in [0.717, 1.165) is 61.1 Å². The first-order valence-electron chi connectivity index (χ1n) is 15.1. The van der Waals surface area contributed by atoms with Crippen LogP contribution in [0.5, 0.6) is 23.0 Å². The number of rotatable bonds is 7. The summed E-state index contributed by atoms with van der Waals surface area (Å²) in [5.41, 5.74) is 3.59. The van der Waals surface area contributed by atoms with Gasteiger partial charge in [-0.2, -0.15) is 10.2 Å². The van der Waals surface area contributed by atoms with Crippen LogP contribution in [-0.4, -0.2) is 67.1 Å². The maximum Gasteiger partial charge on any atom is 0.231 e. The van der Waals surface area contributed by atoms with Crippen LogP contribution >= 0.6 is 0 Å². The maximum absolute atomic E-state index is 14.1. The summed E-state index contributed by atoms with van der Waals surface area (Å²) in [6, 6.07) is 11.9. The zero-order chi connectivity index (χ0) is 32.5. The van der Waals surface area contributed by atoms with Gasteiger partial charge in [0.25, 0.3) is 0 Å². The largest absolute Gasteiger partial charge is 0.493 e. The van der Waals surface area contributed by atoms with Gasteiger partial charge >= 0.3 is 0 Å². The third-order valence-electron chi connectivity index (χ3n) is 8.84. The summed E-state index contributed by atoms with van der Waals surface area (Å²) in [5, 5.41) is 18.8. The minimum Gasteiger partial charge on any atom is -0.493 e. The number of hydrogen-bond acceptors (Lipinski definition) is 10. The maximum atomic E-state index is 14.1. The molecule has 0 radical (unpaired) electrons. The van der Waals surface area contributed by atoms with Gasteiger partial charge in [0.15, 0.2) is 23.0 Å². The first-order chi connectivity index (χ1) is 22.8. The number of ether oxygens (including phenoxy) is 4. The van der Waals surface area contributed by atoms with Crippen molar-refractivity contribution in [3.8, 4) is 23.0 Å². The van der Waals surface area contributed by atoms with E-state index in [1.54, 1.807) is 14.2 Å². The van der Waals surface area contributed by atoms with Gasteiger partial charge in [0.2, 0.25) is 6.79 Å². The fourth-order valence-corrected chi connectivity index (χ4v) is 6.63. The molecular formula is C33H33F2N7O5. The van der Waals surface area contributed by atoms with Crippen LogP contribution in [0.1, 0.15) is 33.9 Å². The molecule has 5 aromatic rings. The standard InChI is InChI=1S/C20H21NO4.C13H12F2N6O/c1-22-17-4-3-12-7-16-14-9-19-18(24-11-25-19)8-13(14)5-6-21(16)10-15(12)20(17)23-2;14-10-1-2-11(12(15)3-10)13(22,4-20-8-16-6-18-20)5-21-9-17-7-19-21/h3-4,8-9,16H,5-7,10-11H2,1-2H3;1-3,6-9,22H,4-5H2. The van der Waals surface area contributed by atoms with Crippen LogP contribution in [0.3, 0.4) is 0 Å². The summed E-state index contributed by atoms with van der Waals surface area (Å²) >= 11 is 0. The molecule has 3 aliphatic heterocycles. The molecule has 1 N–H and O–H groups in total. The van der Waals surface area contributed by atoms with Gasteiger partial charge in [0, 0.05) is 36.3 Å². The average molecular weight is 646 g/mol. The van der Waals surface area contributed by atoms with Crippen molar-refractivity contribution in [3.63, 3.8) is 0 Å². The van der Waals surface area contributed by atoms with Crippen LogP contribution in [0.4, 0.5) is 8.78 Å². The molecule has 3 aliphatic rings. The van der Waals surface area contributed by atoms with Crippen LogP contribution in [0.25, 0.3) is 0 Å². The molecule has 1 unspecified atom stereocenters. The smallest absolute Gasteiger partial charge is 0.231 e. The summed E-state index contributed by atoms with van der Waals surface area (Å²) < 4.78 is 52.2. The van der Waals surface area contributed by atoms with E-state index in [9.17, 15) is 13.9 Å². The number of aliphatic hydroxyl groups is 1. The zero-order valence-corrected chi connectivity index (χ0v) is 25.8. The third kappa shape index (κ3) is 5.97. The fraction of sp³-hybridized carbons (Fsp3) is 0.333. The molecule has 244 valence electrons. The van der Waals surface area contributed by atoms with Crippen molar-refractivity contribution in [1.29, 1.82) is 0 Å². The van der Waals surface area contributed by atoms with E-state index in [-0.39, 0.29) is 18.7 Å². The molecule has 2 aromatic heterocycles. The molecule has 0 amide bonds. The lowest BCUT2D eigenvalue weighted by atomic mass is 9.83. The van der Waals surface area contributed by atoms with Crippen molar-refractivity contribution in [3.05, 3.63) is 107 Å². The molecule has 1 atom stereocenters. The number of hydrogen-bond donors (Lipinski definition) is 1. The molecule has 0 fully saturated rings. The molecule has 0 saturated heterocycles. The molecule has 0 aliphatic carbocycles. The SMILES string of the molecule is COc1ccc2c(c1OC)CN1CCc3cc4c(cc3C1C2)OCO4.OC(Cn1cncn1)(Cn1cncn1)c1ccc(F)cc1F. The minimum absolute atomic E-state index is 0.0556. The lowest BCUT2D eigenvalue weighted by Gasteiger charge is -2.42. The Morgan fingerprint density at radius 1 is 0.915 bits per heavy atom. The van der Waals surface area contributed by atoms with E-state index >= 15 is 0 Å². The van der Waals surface area contributed by atoms with Crippen molar-refractivity contribution in [2.24, 2.45) is 0 Å². The van der Waals surface area contributed by atoms with Crippen molar-refractivity contribution < 1.29 is 32.8 Å². The predicted octanol–water partition coefficient (Wildman–Crippen LogP) is 3.82. The van der Waals surface area contributed by atoms with Gasteiger partial charge in [-0.05, 0) is 53.8 Å². The number of methoxy groups -OCH3 is 2. The van der Waals surface area contributed by atoms with Gasteiger partial charge in [-0.1, -0.05) is 12.1 Å². The molecule has 8 rings (SSSR count). The molecular weight excluding hydrogens is 612 g/mol. The lowest BCUT2D eigenvalue weighted by Crippen LogP contribution is -2.39. The molecule has 12 nitrogen and oxygen atoms in total. The van der Waals surface area contributed by atoms with Gasteiger partial charge in [-0.15, -0.1) is 0 Å². The Morgan fingerprint density at radius 3 is 2.28 bits per heavy atom. The number of aromatic nitrogens is 6. The Labute approximate surface area is 269 Å². The highest BCUT2D eigenvalue weighted by Crippen LogP contribution is 2.46. The monoisotopic (exact) mass is 645 g/mol. The van der Waals surface area contributed by atoms with E-state index in [1.807, 2.05) is 6.07 Å². The Morgan fingerprint density at radius 2 is 1.64 bits per heavy atom. The van der Waals surface area contributed by atoms with Gasteiger partial charge in [-0.25, -0.2) is 28.1 Å². The topological polar surface area (TPSA) is 122 Å². The van der Waals surface area contributed by atoms with Crippen LogP contribution < -0.4 is 18.9 Å². The van der Waals surface area contributed by atoms with E-state index in [1.165, 1.54) is 63.0 Å². The van der Waals surface area contributed by atoms with E-state index in [2.05, 4.69) is 43.3 Å². The van der Waals surface area contributed by atoms with E-state index in [4.69, 9.17) is 18.9 Å². The number of nitrogens with zero attached hydrogens (tertiary/aromatic N) is 7. The van der Waals surface area contributed by atoms with Crippen molar-refractivity contribution in [1.82, 2.24) is 34.4 Å². The summed E-state index contributed by atoms with van der Waals surface area (Å²) in [4.78, 5) is 10.1. The van der Waals surface area contributed by atoms with Crippen LogP contribution in [0.2, 0.25) is 0 Å². The normalized spacial score (nSPS) is 16.4. The Balaban J connectivity index is 0.000000151. The minimum atomic E-state index is -1.70. The number of fused-ring (bicyclic) bond motifs is 5. The van der Waals surface area contributed by atoms with Crippen LogP contribution in [-0.2, 0) is 38.1 Å². The second kappa shape index (κ2) is 12.6. The van der Waals surface area contributed by atoms with Crippen LogP contribution in [0.15, 0.2) is 67.8 Å². The van der Waals surface area contributed by atoms with Crippen molar-refractivity contribution in [2.45, 2.75) is 44.1 Å². The Bertz CT molecular complexity index is 1830. The summed E-state index contributed by atoms with van der Waals surface area (Å²) in [6.45, 7) is 2.10. The molecule has 3 aromatic carbocycles. The molecule has 47 heavy (non-hydrogen) atoms. The summed E-state index contributed by atoms with van der Waals surface area (Å²) in [7, 11) is 3.41. The van der Waals surface area contributed by atoms with Gasteiger partial charge in [0.1, 0.15) is 42.5 Å². The molecule has 0 saturated carbocycles. The quantitative estimate of drug-likeness (QED) is 0.280. The molecule has 0 spiro atoms. The molecule has 0 bridgehead atoms. The second-order valence-corrected chi connectivity index (χ2v) is 11.6. The fourth-order valence-electron chi connectivity index (χ4n) is 6.63. The Kier molecular flexibility index (Phi) is 8.20. The highest BCUT2D eigenvalue weighted by molar-refractivity contribution is 5.55. The lowest BCUT2D eigenvalue weighted by molar-refractivity contribution is -0.00856. The summed E-state index contributed by atoms with van der Waals surface area (Å²) in [5.74, 6) is 1.87. The average Bonchev–Trinajstić information content (AvgIpc) is 3.86. The zero-order valence-electron chi connectivity index (χ0n) is 25.8. The third-order valence-corrected chi connectivity index (χ3v) is 8.84. The van der Waals surface area contributed by atoms with Gasteiger partial charge in [-0.3, -0.25) is 4.90 Å². The second-order valence-electron chi connectivity index (χ2n) is 11.6. The van der Waals surface area contributed by atoms with Gasteiger partial charge in [0.05, 0.1) is 27.3 Å². The van der Waals surface area contributed by atoms with Crippen molar-refractivity contribution in [2.75, 3.05) is 27.6 Å². The first kappa shape index (κ1) is 30.6. The number of benzene rings is 3. The molecule has 14 heteroatoms. The predicted molar refractivity (Wildman–Crippen MR) is 163 cm³/mol. The molecule has 5 heterocycles.